The molecule has 1 unspecified atom stereocenters. The minimum Gasteiger partial charge on any atom is -0.253 e. The predicted molar refractivity (Wildman–Crippen MR) is 53.0 cm³/mol. The Balaban J connectivity index is 3.05. The van der Waals surface area contributed by atoms with Crippen LogP contribution in [0.2, 0.25) is 0 Å². The molecule has 3 heteroatoms. The summed E-state index contributed by atoms with van der Waals surface area (Å²) in [7, 11) is -1.04. The minimum absolute atomic E-state index is 0.169. The Morgan fingerprint density at radius 2 is 2.00 bits per heavy atom. The zero-order chi connectivity index (χ0) is 9.14. The largest absolute Gasteiger partial charge is 0.253 e. The normalized spacial score (nSPS) is 12.9. The van der Waals surface area contributed by atoms with Crippen molar-refractivity contribution >= 4 is 22.4 Å². The Morgan fingerprint density at radius 1 is 1.33 bits per heavy atom. The lowest BCUT2D eigenvalue weighted by atomic mass is 10.1. The van der Waals surface area contributed by atoms with Gasteiger partial charge in [-0.3, -0.25) is 4.21 Å². The Labute approximate surface area is 80.2 Å². The first-order chi connectivity index (χ1) is 5.65. The fourth-order valence-electron chi connectivity index (χ4n) is 0.919. The Hall–Kier alpha value is -0.340. The molecular weight excluding hydrogens is 192 g/mol. The fraction of sp³-hybridized carbons (Fsp3) is 0.333. The van der Waals surface area contributed by atoms with E-state index in [1.165, 1.54) is 5.56 Å². The number of halogens is 1. The van der Waals surface area contributed by atoms with E-state index in [9.17, 15) is 4.21 Å². The maximum atomic E-state index is 11.3. The molecule has 1 nitrogen and oxygen atoms in total. The highest BCUT2D eigenvalue weighted by molar-refractivity contribution is 7.86. The van der Waals surface area contributed by atoms with Crippen molar-refractivity contribution in [1.82, 2.24) is 0 Å². The van der Waals surface area contributed by atoms with Crippen molar-refractivity contribution in [1.29, 1.82) is 0 Å². The average molecular weight is 203 g/mol. The van der Waals surface area contributed by atoms with Crippen LogP contribution in [0.1, 0.15) is 11.1 Å². The van der Waals surface area contributed by atoms with Crippen LogP contribution in [0.4, 0.5) is 0 Å². The zero-order valence-corrected chi connectivity index (χ0v) is 8.71. The van der Waals surface area contributed by atoms with Gasteiger partial charge in [-0.2, -0.15) is 0 Å². The van der Waals surface area contributed by atoms with Crippen LogP contribution in [0.25, 0.3) is 0 Å². The smallest absolute Gasteiger partial charge is 0.103 e. The van der Waals surface area contributed by atoms with E-state index in [2.05, 4.69) is 0 Å². The molecule has 12 heavy (non-hydrogen) atoms. The van der Waals surface area contributed by atoms with Gasteiger partial charge < -0.3 is 0 Å². The molecule has 0 aliphatic rings. The first-order valence-corrected chi connectivity index (χ1v) is 5.52. The van der Waals surface area contributed by atoms with Crippen LogP contribution in [0.5, 0.6) is 0 Å². The van der Waals surface area contributed by atoms with Gasteiger partial charge in [0.2, 0.25) is 0 Å². The second-order valence-corrected chi connectivity index (χ2v) is 4.74. The lowest BCUT2D eigenvalue weighted by Gasteiger charge is -2.02. The van der Waals surface area contributed by atoms with Gasteiger partial charge in [-0.05, 0) is 37.1 Å². The standard InChI is InChI=1S/C9H11ClOS/c1-7-3-4-9(5-8(7)2)12(11)6-10/h3-5H,6H2,1-2H3. The van der Waals surface area contributed by atoms with E-state index >= 15 is 0 Å². The summed E-state index contributed by atoms with van der Waals surface area (Å²) < 4.78 is 11.3. The topological polar surface area (TPSA) is 17.1 Å². The van der Waals surface area contributed by atoms with Crippen molar-refractivity contribution in [3.8, 4) is 0 Å². The molecule has 66 valence electrons. The molecule has 1 aromatic carbocycles. The van der Waals surface area contributed by atoms with Gasteiger partial charge in [0.15, 0.2) is 0 Å². The second-order valence-electron chi connectivity index (χ2n) is 2.70. The summed E-state index contributed by atoms with van der Waals surface area (Å²) in [6, 6.07) is 5.75. The fourth-order valence-corrected chi connectivity index (χ4v) is 1.95. The SMILES string of the molecule is Cc1ccc(S(=O)CCl)cc1C. The summed E-state index contributed by atoms with van der Waals surface area (Å²) in [6.45, 7) is 4.03. The minimum atomic E-state index is -1.04. The highest BCUT2D eigenvalue weighted by Crippen LogP contribution is 2.13. The lowest BCUT2D eigenvalue weighted by Crippen LogP contribution is -1.93. The maximum Gasteiger partial charge on any atom is 0.103 e. The van der Waals surface area contributed by atoms with Gasteiger partial charge in [-0.15, -0.1) is 11.6 Å². The van der Waals surface area contributed by atoms with Crippen molar-refractivity contribution in [2.75, 3.05) is 5.21 Å². The third-order valence-corrected chi connectivity index (χ3v) is 3.41. The second kappa shape index (κ2) is 4.06. The molecule has 0 radical (unpaired) electrons. The molecule has 1 atom stereocenters. The first kappa shape index (κ1) is 9.75. The van der Waals surface area contributed by atoms with Crippen molar-refractivity contribution in [2.45, 2.75) is 18.7 Å². The van der Waals surface area contributed by atoms with E-state index in [0.717, 1.165) is 10.5 Å². The van der Waals surface area contributed by atoms with Gasteiger partial charge in [0.05, 0.1) is 10.8 Å². The van der Waals surface area contributed by atoms with Gasteiger partial charge >= 0.3 is 0 Å². The zero-order valence-electron chi connectivity index (χ0n) is 7.13. The van der Waals surface area contributed by atoms with E-state index in [4.69, 9.17) is 11.6 Å². The summed E-state index contributed by atoms with van der Waals surface area (Å²) >= 11 is 5.48. The van der Waals surface area contributed by atoms with Crippen LogP contribution in [-0.2, 0) is 10.8 Å². The van der Waals surface area contributed by atoms with Crippen molar-refractivity contribution in [2.24, 2.45) is 0 Å². The number of aryl methyl sites for hydroxylation is 2. The number of alkyl halides is 1. The molecule has 0 aromatic heterocycles. The molecule has 0 spiro atoms. The Kier molecular flexibility index (Phi) is 3.29. The van der Waals surface area contributed by atoms with Crippen LogP contribution in [0.15, 0.2) is 23.1 Å². The third kappa shape index (κ3) is 2.08. The first-order valence-electron chi connectivity index (χ1n) is 3.66. The van der Waals surface area contributed by atoms with Crippen molar-refractivity contribution < 1.29 is 4.21 Å². The van der Waals surface area contributed by atoms with Crippen LogP contribution >= 0.6 is 11.6 Å². The molecule has 1 aromatic rings. The number of benzene rings is 1. The number of hydrogen-bond acceptors (Lipinski definition) is 1. The highest BCUT2D eigenvalue weighted by Gasteiger charge is 2.02. The number of hydrogen-bond donors (Lipinski definition) is 0. The molecule has 0 saturated heterocycles. The summed E-state index contributed by atoms with van der Waals surface area (Å²) in [6.07, 6.45) is 0. The lowest BCUT2D eigenvalue weighted by molar-refractivity contribution is 0.686. The summed E-state index contributed by atoms with van der Waals surface area (Å²) in [5.41, 5.74) is 2.37. The summed E-state index contributed by atoms with van der Waals surface area (Å²) in [5.74, 6) is 0. The van der Waals surface area contributed by atoms with Crippen LogP contribution in [0.3, 0.4) is 0 Å². The molecule has 0 bridgehead atoms. The quantitative estimate of drug-likeness (QED) is 0.674. The van der Waals surface area contributed by atoms with E-state index in [1.807, 2.05) is 32.0 Å². The molecule has 0 fully saturated rings. The molecule has 0 aliphatic heterocycles. The van der Waals surface area contributed by atoms with Crippen LogP contribution in [0, 0.1) is 13.8 Å². The molecule has 0 amide bonds. The maximum absolute atomic E-state index is 11.3. The molecule has 0 heterocycles. The van der Waals surface area contributed by atoms with Crippen molar-refractivity contribution in [3.63, 3.8) is 0 Å². The van der Waals surface area contributed by atoms with E-state index < -0.39 is 10.8 Å². The van der Waals surface area contributed by atoms with Crippen LogP contribution < -0.4 is 0 Å². The molecule has 0 saturated carbocycles. The highest BCUT2D eigenvalue weighted by atomic mass is 35.5. The molecular formula is C9H11ClOS. The van der Waals surface area contributed by atoms with E-state index in [-0.39, 0.29) is 5.21 Å². The van der Waals surface area contributed by atoms with Gasteiger partial charge in [0, 0.05) is 4.90 Å². The van der Waals surface area contributed by atoms with Gasteiger partial charge in [-0.25, -0.2) is 0 Å². The Bertz CT molecular complexity index is 309. The van der Waals surface area contributed by atoms with Crippen molar-refractivity contribution in [3.05, 3.63) is 29.3 Å². The molecule has 1 rings (SSSR count). The monoisotopic (exact) mass is 202 g/mol. The number of rotatable bonds is 2. The summed E-state index contributed by atoms with van der Waals surface area (Å²) in [4.78, 5) is 0.813. The van der Waals surface area contributed by atoms with E-state index in [0.29, 0.717) is 0 Å². The average Bonchev–Trinajstić information content (AvgIpc) is 2.08. The van der Waals surface area contributed by atoms with Gasteiger partial charge in [-0.1, -0.05) is 6.07 Å². The predicted octanol–water partition coefficient (Wildman–Crippen LogP) is 2.61. The van der Waals surface area contributed by atoms with Gasteiger partial charge in [0.25, 0.3) is 0 Å². The van der Waals surface area contributed by atoms with Crippen LogP contribution in [-0.4, -0.2) is 9.42 Å². The van der Waals surface area contributed by atoms with Gasteiger partial charge in [0.1, 0.15) is 5.21 Å². The third-order valence-electron chi connectivity index (χ3n) is 1.84. The summed E-state index contributed by atoms with van der Waals surface area (Å²) in [5, 5.41) is 0.169. The van der Waals surface area contributed by atoms with E-state index in [1.54, 1.807) is 0 Å². The Morgan fingerprint density at radius 3 is 2.50 bits per heavy atom. The molecule has 0 aliphatic carbocycles. The molecule has 0 N–H and O–H groups in total.